The Balaban J connectivity index is 2.81. The number of rotatable bonds is 4. The Morgan fingerprint density at radius 1 is 1.47 bits per heavy atom. The molecule has 0 fully saturated rings. The van der Waals surface area contributed by atoms with Crippen LogP contribution in [-0.4, -0.2) is 23.4 Å². The van der Waals surface area contributed by atoms with Crippen molar-refractivity contribution in [3.05, 3.63) is 29.8 Å². The molecule has 0 bridgehead atoms. The minimum atomic E-state index is -1.04. The van der Waals surface area contributed by atoms with Crippen LogP contribution >= 0.6 is 0 Å². The van der Waals surface area contributed by atoms with E-state index in [2.05, 4.69) is 5.32 Å². The summed E-state index contributed by atoms with van der Waals surface area (Å²) in [5, 5.41) is 30.5. The van der Waals surface area contributed by atoms with Crippen LogP contribution in [0.25, 0.3) is 0 Å². The minimum absolute atomic E-state index is 0.0784. The third-order valence-corrected chi connectivity index (χ3v) is 2.18. The first-order valence-corrected chi connectivity index (χ1v) is 4.70. The number of aliphatic hydroxyl groups is 2. The number of hydrogen-bond acceptors (Lipinski definition) is 4. The molecular weight excluding hydrogens is 192 g/mol. The zero-order valence-corrected chi connectivity index (χ0v) is 8.51. The number of nitrogens with one attached hydrogen (secondary N) is 1. The molecule has 1 aromatic rings. The van der Waals surface area contributed by atoms with Crippen LogP contribution in [-0.2, 0) is 0 Å². The van der Waals surface area contributed by atoms with Crippen molar-refractivity contribution < 1.29 is 10.2 Å². The summed E-state index contributed by atoms with van der Waals surface area (Å²) in [4.78, 5) is 0. The van der Waals surface area contributed by atoms with E-state index in [1.54, 1.807) is 25.2 Å². The molecular formula is C11H14N2O2. The van der Waals surface area contributed by atoms with Gasteiger partial charge in [0, 0.05) is 12.7 Å². The van der Waals surface area contributed by atoms with E-state index in [0.717, 1.165) is 5.69 Å². The minimum Gasteiger partial charge on any atom is -0.389 e. The van der Waals surface area contributed by atoms with Crippen molar-refractivity contribution >= 4 is 5.69 Å². The smallest absolute Gasteiger partial charge is 0.106 e. The first-order chi connectivity index (χ1) is 7.19. The monoisotopic (exact) mass is 206 g/mol. The molecule has 1 rings (SSSR count). The number of aliphatic hydroxyl groups excluding tert-OH is 2. The molecule has 3 N–H and O–H groups in total. The molecule has 0 aliphatic rings. The Labute approximate surface area is 88.8 Å². The van der Waals surface area contributed by atoms with E-state index in [4.69, 9.17) is 5.26 Å². The zero-order valence-electron chi connectivity index (χ0n) is 8.51. The summed E-state index contributed by atoms with van der Waals surface area (Å²) < 4.78 is 0. The second-order valence-electron chi connectivity index (χ2n) is 3.25. The molecule has 1 aromatic carbocycles. The van der Waals surface area contributed by atoms with Crippen molar-refractivity contribution in [2.24, 2.45) is 0 Å². The van der Waals surface area contributed by atoms with Crippen molar-refractivity contribution in [2.75, 3.05) is 12.4 Å². The Morgan fingerprint density at radius 3 is 2.80 bits per heavy atom. The molecule has 0 radical (unpaired) electrons. The maximum atomic E-state index is 9.71. The van der Waals surface area contributed by atoms with E-state index >= 15 is 0 Å². The Hall–Kier alpha value is -1.57. The number of hydrogen-bond donors (Lipinski definition) is 3. The molecule has 2 unspecified atom stereocenters. The molecule has 2 atom stereocenters. The SMILES string of the molecule is CNc1cccc(C(O)C(O)CC#N)c1. The Kier molecular flexibility index (Phi) is 4.10. The van der Waals surface area contributed by atoms with E-state index in [-0.39, 0.29) is 6.42 Å². The first-order valence-electron chi connectivity index (χ1n) is 4.70. The van der Waals surface area contributed by atoms with Crippen LogP contribution in [0, 0.1) is 11.3 Å². The highest BCUT2D eigenvalue weighted by Gasteiger charge is 2.17. The van der Waals surface area contributed by atoms with Crippen LogP contribution in [0.2, 0.25) is 0 Å². The van der Waals surface area contributed by atoms with Crippen molar-refractivity contribution in [3.63, 3.8) is 0 Å². The maximum Gasteiger partial charge on any atom is 0.106 e. The highest BCUT2D eigenvalue weighted by Crippen LogP contribution is 2.21. The van der Waals surface area contributed by atoms with Crippen LogP contribution in [0.1, 0.15) is 18.1 Å². The zero-order chi connectivity index (χ0) is 11.3. The predicted molar refractivity (Wildman–Crippen MR) is 57.2 cm³/mol. The summed E-state index contributed by atoms with van der Waals surface area (Å²) in [6, 6.07) is 8.91. The predicted octanol–water partition coefficient (Wildman–Crippen LogP) is 1.04. The second-order valence-corrected chi connectivity index (χ2v) is 3.25. The van der Waals surface area contributed by atoms with Gasteiger partial charge in [0.2, 0.25) is 0 Å². The third kappa shape index (κ3) is 2.94. The molecule has 4 heteroatoms. The van der Waals surface area contributed by atoms with Crippen LogP contribution in [0.5, 0.6) is 0 Å². The lowest BCUT2D eigenvalue weighted by Crippen LogP contribution is -2.17. The molecule has 80 valence electrons. The van der Waals surface area contributed by atoms with E-state index < -0.39 is 12.2 Å². The van der Waals surface area contributed by atoms with Gasteiger partial charge in [-0.25, -0.2) is 0 Å². The van der Waals surface area contributed by atoms with Crippen molar-refractivity contribution in [3.8, 4) is 6.07 Å². The molecule has 0 aromatic heterocycles. The van der Waals surface area contributed by atoms with E-state index in [1.807, 2.05) is 12.1 Å². The molecule has 0 aliphatic heterocycles. The quantitative estimate of drug-likeness (QED) is 0.688. The molecule has 0 spiro atoms. The normalized spacial score (nSPS) is 14.0. The largest absolute Gasteiger partial charge is 0.389 e. The van der Waals surface area contributed by atoms with Gasteiger partial charge in [0.1, 0.15) is 6.10 Å². The molecule has 4 nitrogen and oxygen atoms in total. The van der Waals surface area contributed by atoms with Gasteiger partial charge < -0.3 is 15.5 Å². The second kappa shape index (κ2) is 5.35. The molecule has 15 heavy (non-hydrogen) atoms. The molecule has 0 saturated heterocycles. The van der Waals surface area contributed by atoms with Gasteiger partial charge in [-0.05, 0) is 17.7 Å². The van der Waals surface area contributed by atoms with Gasteiger partial charge in [-0.1, -0.05) is 12.1 Å². The molecule has 0 heterocycles. The summed E-state index contributed by atoms with van der Waals surface area (Å²) in [6.07, 6.45) is -2.13. The van der Waals surface area contributed by atoms with Gasteiger partial charge in [0.05, 0.1) is 18.6 Å². The van der Waals surface area contributed by atoms with Crippen molar-refractivity contribution in [2.45, 2.75) is 18.6 Å². The summed E-state index contributed by atoms with van der Waals surface area (Å²) in [5.41, 5.74) is 1.46. The van der Waals surface area contributed by atoms with Crippen LogP contribution < -0.4 is 5.32 Å². The standard InChI is InChI=1S/C11H14N2O2/c1-13-9-4-2-3-8(7-9)11(15)10(14)5-6-12/h2-4,7,10-11,13-15H,5H2,1H3. The summed E-state index contributed by atoms with van der Waals surface area (Å²) >= 11 is 0. The van der Waals surface area contributed by atoms with E-state index in [0.29, 0.717) is 5.56 Å². The maximum absolute atomic E-state index is 9.71. The van der Waals surface area contributed by atoms with Gasteiger partial charge >= 0.3 is 0 Å². The van der Waals surface area contributed by atoms with Crippen LogP contribution in [0.4, 0.5) is 5.69 Å². The molecule has 0 amide bonds. The van der Waals surface area contributed by atoms with E-state index in [1.165, 1.54) is 0 Å². The number of nitrogens with zero attached hydrogens (tertiary/aromatic N) is 1. The van der Waals surface area contributed by atoms with Gasteiger partial charge in [-0.15, -0.1) is 0 Å². The lowest BCUT2D eigenvalue weighted by Gasteiger charge is -2.16. The summed E-state index contributed by atoms with van der Waals surface area (Å²) in [7, 11) is 1.78. The topological polar surface area (TPSA) is 76.3 Å². The summed E-state index contributed by atoms with van der Waals surface area (Å²) in [6.45, 7) is 0. The fourth-order valence-corrected chi connectivity index (χ4v) is 1.31. The molecule has 0 aliphatic carbocycles. The van der Waals surface area contributed by atoms with Gasteiger partial charge in [0.15, 0.2) is 0 Å². The first kappa shape index (κ1) is 11.5. The summed E-state index contributed by atoms with van der Waals surface area (Å²) in [5.74, 6) is 0. The van der Waals surface area contributed by atoms with Crippen LogP contribution in [0.3, 0.4) is 0 Å². The van der Waals surface area contributed by atoms with Crippen molar-refractivity contribution in [1.82, 2.24) is 0 Å². The average molecular weight is 206 g/mol. The average Bonchev–Trinajstić information content (AvgIpc) is 2.28. The van der Waals surface area contributed by atoms with Gasteiger partial charge in [-0.2, -0.15) is 5.26 Å². The molecule has 0 saturated carbocycles. The third-order valence-electron chi connectivity index (χ3n) is 2.18. The number of nitriles is 1. The van der Waals surface area contributed by atoms with Gasteiger partial charge in [0.25, 0.3) is 0 Å². The lowest BCUT2D eigenvalue weighted by atomic mass is 10.0. The highest BCUT2D eigenvalue weighted by molar-refractivity contribution is 5.45. The fourth-order valence-electron chi connectivity index (χ4n) is 1.31. The van der Waals surface area contributed by atoms with Crippen molar-refractivity contribution in [1.29, 1.82) is 5.26 Å². The Morgan fingerprint density at radius 2 is 2.20 bits per heavy atom. The number of anilines is 1. The number of benzene rings is 1. The van der Waals surface area contributed by atoms with Gasteiger partial charge in [-0.3, -0.25) is 0 Å². The van der Waals surface area contributed by atoms with E-state index in [9.17, 15) is 10.2 Å². The lowest BCUT2D eigenvalue weighted by molar-refractivity contribution is 0.0217. The fraction of sp³-hybridized carbons (Fsp3) is 0.364. The highest BCUT2D eigenvalue weighted by atomic mass is 16.3. The van der Waals surface area contributed by atoms with Crippen LogP contribution in [0.15, 0.2) is 24.3 Å². The Bertz CT molecular complexity index is 360.